The third-order valence-electron chi connectivity index (χ3n) is 1.21. The lowest BCUT2D eigenvalue weighted by Crippen LogP contribution is -2.11. The Morgan fingerprint density at radius 2 is 1.50 bits per heavy atom. The second kappa shape index (κ2) is 3.75. The summed E-state index contributed by atoms with van der Waals surface area (Å²) < 4.78 is 21.4. The summed E-state index contributed by atoms with van der Waals surface area (Å²) in [7, 11) is -3.58. The smallest absolute Gasteiger partial charge is 0.238 e. The minimum Gasteiger partial charge on any atom is -0.399 e. The fraction of sp³-hybridized carbons (Fsp3) is 0. The molecular formula is C6H9ClN2O2S. The van der Waals surface area contributed by atoms with E-state index in [0.717, 1.165) is 0 Å². The van der Waals surface area contributed by atoms with Crippen molar-refractivity contribution in [3.05, 3.63) is 24.3 Å². The van der Waals surface area contributed by atoms with Crippen molar-refractivity contribution in [2.24, 2.45) is 5.14 Å². The summed E-state index contributed by atoms with van der Waals surface area (Å²) in [6.07, 6.45) is 0. The van der Waals surface area contributed by atoms with Gasteiger partial charge in [0.1, 0.15) is 0 Å². The molecule has 0 bridgehead atoms. The minimum absolute atomic E-state index is 0. The Labute approximate surface area is 77.0 Å². The standard InChI is InChI=1S/C6H8N2O2S.ClH/c7-5-1-3-6(4-2-5)11(8,9)10;/h1-4H,7H2,(H2,8,9,10);1H. The SMILES string of the molecule is Cl.Nc1ccc(S(N)(=O)=O)cc1. The molecule has 1 aromatic carbocycles. The van der Waals surface area contributed by atoms with Crippen LogP contribution in [0.4, 0.5) is 5.69 Å². The fourth-order valence-electron chi connectivity index (χ4n) is 0.658. The molecule has 4 N–H and O–H groups in total. The molecular weight excluding hydrogens is 200 g/mol. The molecule has 4 nitrogen and oxygen atoms in total. The summed E-state index contributed by atoms with van der Waals surface area (Å²) in [5.74, 6) is 0. The van der Waals surface area contributed by atoms with E-state index in [-0.39, 0.29) is 17.3 Å². The number of nitrogen functional groups attached to an aromatic ring is 1. The van der Waals surface area contributed by atoms with Crippen molar-refractivity contribution in [2.45, 2.75) is 4.90 Å². The van der Waals surface area contributed by atoms with Crippen molar-refractivity contribution in [1.82, 2.24) is 0 Å². The monoisotopic (exact) mass is 208 g/mol. The Balaban J connectivity index is 0.00000121. The highest BCUT2D eigenvalue weighted by atomic mass is 35.5. The second-order valence-corrected chi connectivity index (χ2v) is 3.68. The maximum atomic E-state index is 10.7. The van der Waals surface area contributed by atoms with E-state index in [0.29, 0.717) is 5.69 Å². The van der Waals surface area contributed by atoms with Gasteiger partial charge < -0.3 is 5.73 Å². The molecule has 0 spiro atoms. The Hall–Kier alpha value is -0.780. The molecule has 0 aliphatic rings. The number of hydrogen-bond acceptors (Lipinski definition) is 3. The van der Waals surface area contributed by atoms with Gasteiger partial charge in [-0.2, -0.15) is 0 Å². The Kier molecular flexibility index (Phi) is 3.51. The molecule has 0 atom stereocenters. The van der Waals surface area contributed by atoms with Crippen molar-refractivity contribution in [1.29, 1.82) is 0 Å². The van der Waals surface area contributed by atoms with Gasteiger partial charge in [-0.25, -0.2) is 13.6 Å². The number of anilines is 1. The first-order valence-corrected chi connectivity index (χ1v) is 4.43. The third-order valence-corrected chi connectivity index (χ3v) is 2.14. The molecule has 1 rings (SSSR count). The molecule has 0 amide bonds. The van der Waals surface area contributed by atoms with E-state index in [9.17, 15) is 8.42 Å². The zero-order valence-electron chi connectivity index (χ0n) is 6.10. The average Bonchev–Trinajstić information content (AvgIpc) is 1.86. The average molecular weight is 209 g/mol. The van der Waals surface area contributed by atoms with Crippen LogP contribution >= 0.6 is 12.4 Å². The zero-order valence-corrected chi connectivity index (χ0v) is 7.73. The predicted octanol–water partition coefficient (Wildman–Crippen LogP) is 0.338. The maximum absolute atomic E-state index is 10.7. The molecule has 0 radical (unpaired) electrons. The van der Waals surface area contributed by atoms with Gasteiger partial charge >= 0.3 is 0 Å². The van der Waals surface area contributed by atoms with E-state index >= 15 is 0 Å². The van der Waals surface area contributed by atoms with Crippen LogP contribution in [0.15, 0.2) is 29.2 Å². The number of primary sulfonamides is 1. The van der Waals surface area contributed by atoms with Crippen LogP contribution in [0.3, 0.4) is 0 Å². The van der Waals surface area contributed by atoms with E-state index in [1.54, 1.807) is 0 Å². The van der Waals surface area contributed by atoms with Crippen LogP contribution in [0.25, 0.3) is 0 Å². The molecule has 0 saturated heterocycles. The van der Waals surface area contributed by atoms with Crippen LogP contribution in [0.5, 0.6) is 0 Å². The van der Waals surface area contributed by atoms with Gasteiger partial charge in [0, 0.05) is 5.69 Å². The third kappa shape index (κ3) is 2.69. The van der Waals surface area contributed by atoms with Crippen LogP contribution < -0.4 is 10.9 Å². The minimum atomic E-state index is -3.58. The zero-order chi connectivity index (χ0) is 8.48. The molecule has 0 saturated carbocycles. The highest BCUT2D eigenvalue weighted by Gasteiger charge is 2.04. The van der Waals surface area contributed by atoms with Gasteiger partial charge in [-0.1, -0.05) is 0 Å². The first-order valence-electron chi connectivity index (χ1n) is 2.88. The van der Waals surface area contributed by atoms with Gasteiger partial charge in [0.05, 0.1) is 4.90 Å². The first kappa shape index (κ1) is 11.2. The van der Waals surface area contributed by atoms with Gasteiger partial charge in [0.2, 0.25) is 10.0 Å². The number of rotatable bonds is 1. The Bertz CT molecular complexity index is 346. The number of nitrogens with two attached hydrogens (primary N) is 2. The highest BCUT2D eigenvalue weighted by Crippen LogP contribution is 2.08. The van der Waals surface area contributed by atoms with Gasteiger partial charge in [-0.05, 0) is 24.3 Å². The summed E-state index contributed by atoms with van der Waals surface area (Å²) in [4.78, 5) is 0.0756. The summed E-state index contributed by atoms with van der Waals surface area (Å²) in [5.41, 5.74) is 5.85. The largest absolute Gasteiger partial charge is 0.399 e. The lowest BCUT2D eigenvalue weighted by molar-refractivity contribution is 0.598. The van der Waals surface area contributed by atoms with Gasteiger partial charge in [0.15, 0.2) is 0 Å². The van der Waals surface area contributed by atoms with Crippen LogP contribution in [0, 0.1) is 0 Å². The molecule has 1 aromatic rings. The fourth-order valence-corrected chi connectivity index (χ4v) is 1.17. The lowest BCUT2D eigenvalue weighted by Gasteiger charge is -1.96. The normalized spacial score (nSPS) is 10.4. The van der Waals surface area contributed by atoms with E-state index in [2.05, 4.69) is 0 Å². The van der Waals surface area contributed by atoms with Crippen molar-refractivity contribution in [3.63, 3.8) is 0 Å². The summed E-state index contributed by atoms with van der Waals surface area (Å²) in [6.45, 7) is 0. The number of halogens is 1. The predicted molar refractivity (Wildman–Crippen MR) is 49.5 cm³/mol. The maximum Gasteiger partial charge on any atom is 0.238 e. The second-order valence-electron chi connectivity index (χ2n) is 2.11. The molecule has 0 heterocycles. The van der Waals surface area contributed by atoms with Crippen LogP contribution in [0.1, 0.15) is 0 Å². The summed E-state index contributed by atoms with van der Waals surface area (Å²) >= 11 is 0. The van der Waals surface area contributed by atoms with E-state index < -0.39 is 10.0 Å². The molecule has 12 heavy (non-hydrogen) atoms. The molecule has 0 fully saturated rings. The number of hydrogen-bond donors (Lipinski definition) is 2. The van der Waals surface area contributed by atoms with Crippen LogP contribution in [0.2, 0.25) is 0 Å². The quantitative estimate of drug-likeness (QED) is 0.653. The van der Waals surface area contributed by atoms with Crippen LogP contribution in [-0.2, 0) is 10.0 Å². The topological polar surface area (TPSA) is 86.2 Å². The molecule has 6 heteroatoms. The summed E-state index contributed by atoms with van der Waals surface area (Å²) in [6, 6.07) is 5.70. The molecule has 0 unspecified atom stereocenters. The van der Waals surface area contributed by atoms with Crippen molar-refractivity contribution in [2.75, 3.05) is 5.73 Å². The van der Waals surface area contributed by atoms with Crippen LogP contribution in [-0.4, -0.2) is 8.42 Å². The summed E-state index contributed by atoms with van der Waals surface area (Å²) in [5, 5.41) is 4.84. The molecule has 0 aliphatic carbocycles. The Morgan fingerprint density at radius 3 is 1.83 bits per heavy atom. The highest BCUT2D eigenvalue weighted by molar-refractivity contribution is 7.89. The molecule has 0 aliphatic heterocycles. The molecule has 0 aromatic heterocycles. The van der Waals surface area contributed by atoms with Crippen molar-refractivity contribution < 1.29 is 8.42 Å². The van der Waals surface area contributed by atoms with Crippen molar-refractivity contribution in [3.8, 4) is 0 Å². The number of benzene rings is 1. The van der Waals surface area contributed by atoms with Crippen molar-refractivity contribution >= 4 is 28.1 Å². The Morgan fingerprint density at radius 1 is 1.08 bits per heavy atom. The number of sulfonamides is 1. The van der Waals surface area contributed by atoms with Gasteiger partial charge in [-0.3, -0.25) is 0 Å². The first-order chi connectivity index (χ1) is 5.00. The molecule has 68 valence electrons. The van der Waals surface area contributed by atoms with E-state index in [4.69, 9.17) is 10.9 Å². The van der Waals surface area contributed by atoms with Gasteiger partial charge in [-0.15, -0.1) is 12.4 Å². The lowest BCUT2D eigenvalue weighted by atomic mass is 10.3. The van der Waals surface area contributed by atoms with E-state index in [1.807, 2.05) is 0 Å². The van der Waals surface area contributed by atoms with Gasteiger partial charge in [0.25, 0.3) is 0 Å². The van der Waals surface area contributed by atoms with E-state index in [1.165, 1.54) is 24.3 Å².